The van der Waals surface area contributed by atoms with Crippen LogP contribution in [-0.2, 0) is 0 Å². The van der Waals surface area contributed by atoms with Gasteiger partial charge in [0.1, 0.15) is 0 Å². The summed E-state index contributed by atoms with van der Waals surface area (Å²) in [6.07, 6.45) is 3.60. The Bertz CT molecular complexity index is 546. The van der Waals surface area contributed by atoms with E-state index in [9.17, 15) is 0 Å². The second-order valence-electron chi connectivity index (χ2n) is 3.74. The summed E-state index contributed by atoms with van der Waals surface area (Å²) in [5.74, 6) is 0. The molecular formula is C13H13ClIN3. The van der Waals surface area contributed by atoms with Crippen LogP contribution in [-0.4, -0.2) is 11.5 Å². The minimum absolute atomic E-state index is 0.740. The lowest BCUT2D eigenvalue weighted by molar-refractivity contribution is 1.19. The SMILES string of the molecule is CCNc1cncc(Nc2ccc(Cl)cc2I)c1. The molecule has 1 aromatic carbocycles. The number of nitrogens with zero attached hydrogens (tertiary/aromatic N) is 1. The van der Waals surface area contributed by atoms with Crippen molar-refractivity contribution in [1.82, 2.24) is 4.98 Å². The molecule has 0 amide bonds. The van der Waals surface area contributed by atoms with Crippen molar-refractivity contribution >= 4 is 51.3 Å². The van der Waals surface area contributed by atoms with Gasteiger partial charge in [-0.1, -0.05) is 11.6 Å². The average Bonchev–Trinajstić information content (AvgIpc) is 2.34. The van der Waals surface area contributed by atoms with Crippen LogP contribution in [0.1, 0.15) is 6.92 Å². The molecule has 0 saturated heterocycles. The van der Waals surface area contributed by atoms with Gasteiger partial charge >= 0.3 is 0 Å². The Labute approximate surface area is 125 Å². The van der Waals surface area contributed by atoms with Gasteiger partial charge in [0.05, 0.1) is 29.5 Å². The van der Waals surface area contributed by atoms with E-state index in [0.717, 1.165) is 32.2 Å². The monoisotopic (exact) mass is 373 g/mol. The van der Waals surface area contributed by atoms with Gasteiger partial charge in [-0.15, -0.1) is 0 Å². The van der Waals surface area contributed by atoms with Gasteiger partial charge in [0.2, 0.25) is 0 Å². The Morgan fingerprint density at radius 1 is 1.22 bits per heavy atom. The minimum Gasteiger partial charge on any atom is -0.384 e. The van der Waals surface area contributed by atoms with Gasteiger partial charge in [-0.05, 0) is 53.8 Å². The topological polar surface area (TPSA) is 37.0 Å². The summed E-state index contributed by atoms with van der Waals surface area (Å²) in [7, 11) is 0. The van der Waals surface area contributed by atoms with Crippen LogP contribution in [0.4, 0.5) is 17.1 Å². The third-order valence-electron chi connectivity index (χ3n) is 2.33. The molecule has 5 heteroatoms. The molecule has 0 aliphatic heterocycles. The highest BCUT2D eigenvalue weighted by Gasteiger charge is 2.02. The molecule has 0 aliphatic rings. The van der Waals surface area contributed by atoms with Crippen LogP contribution in [0.5, 0.6) is 0 Å². The smallest absolute Gasteiger partial charge is 0.0591 e. The van der Waals surface area contributed by atoms with E-state index >= 15 is 0 Å². The molecule has 2 aromatic rings. The number of hydrogen-bond donors (Lipinski definition) is 2. The highest BCUT2D eigenvalue weighted by atomic mass is 127. The Morgan fingerprint density at radius 3 is 2.72 bits per heavy atom. The van der Waals surface area contributed by atoms with E-state index < -0.39 is 0 Å². The van der Waals surface area contributed by atoms with Gasteiger partial charge in [0.15, 0.2) is 0 Å². The van der Waals surface area contributed by atoms with Gasteiger partial charge < -0.3 is 10.6 Å². The van der Waals surface area contributed by atoms with Crippen LogP contribution in [0.2, 0.25) is 5.02 Å². The first-order valence-electron chi connectivity index (χ1n) is 5.60. The molecule has 18 heavy (non-hydrogen) atoms. The molecule has 0 bridgehead atoms. The van der Waals surface area contributed by atoms with E-state index in [1.807, 2.05) is 30.5 Å². The van der Waals surface area contributed by atoms with E-state index in [4.69, 9.17) is 11.6 Å². The number of anilines is 3. The first kappa shape index (κ1) is 13.4. The average molecular weight is 374 g/mol. The number of rotatable bonds is 4. The van der Waals surface area contributed by atoms with Crippen molar-refractivity contribution in [1.29, 1.82) is 0 Å². The standard InChI is InChI=1S/C13H13ClIN3/c1-2-17-10-6-11(8-16-7-10)18-13-4-3-9(14)5-12(13)15/h3-8,17-18H,2H2,1H3. The normalized spacial score (nSPS) is 10.2. The van der Waals surface area contributed by atoms with Gasteiger partial charge in [0.25, 0.3) is 0 Å². The molecule has 0 saturated carbocycles. The van der Waals surface area contributed by atoms with Crippen LogP contribution in [0.15, 0.2) is 36.7 Å². The zero-order chi connectivity index (χ0) is 13.0. The molecule has 0 atom stereocenters. The quantitative estimate of drug-likeness (QED) is 0.774. The Morgan fingerprint density at radius 2 is 2.00 bits per heavy atom. The fraction of sp³-hybridized carbons (Fsp3) is 0.154. The largest absolute Gasteiger partial charge is 0.384 e. The van der Waals surface area contributed by atoms with Crippen molar-refractivity contribution in [3.8, 4) is 0 Å². The molecule has 0 spiro atoms. The van der Waals surface area contributed by atoms with Crippen molar-refractivity contribution < 1.29 is 0 Å². The molecule has 2 N–H and O–H groups in total. The molecule has 2 rings (SSSR count). The molecule has 3 nitrogen and oxygen atoms in total. The molecular weight excluding hydrogens is 361 g/mol. The van der Waals surface area contributed by atoms with E-state index in [0.29, 0.717) is 0 Å². The Hall–Kier alpha value is -1.01. The molecule has 0 radical (unpaired) electrons. The predicted molar refractivity (Wildman–Crippen MR) is 85.9 cm³/mol. The zero-order valence-electron chi connectivity index (χ0n) is 9.87. The minimum atomic E-state index is 0.740. The van der Waals surface area contributed by atoms with Crippen LogP contribution in [0.25, 0.3) is 0 Å². The Kier molecular flexibility index (Phi) is 4.66. The third kappa shape index (κ3) is 3.49. The summed E-state index contributed by atoms with van der Waals surface area (Å²) in [5.41, 5.74) is 2.98. The zero-order valence-corrected chi connectivity index (χ0v) is 12.8. The summed E-state index contributed by atoms with van der Waals surface area (Å²) < 4.78 is 1.08. The summed E-state index contributed by atoms with van der Waals surface area (Å²) in [4.78, 5) is 4.19. The van der Waals surface area contributed by atoms with Crippen molar-refractivity contribution in [3.63, 3.8) is 0 Å². The first-order valence-corrected chi connectivity index (χ1v) is 7.05. The van der Waals surface area contributed by atoms with Crippen molar-refractivity contribution in [2.24, 2.45) is 0 Å². The number of halogens is 2. The van der Waals surface area contributed by atoms with Crippen molar-refractivity contribution in [3.05, 3.63) is 45.3 Å². The highest BCUT2D eigenvalue weighted by Crippen LogP contribution is 2.26. The maximum absolute atomic E-state index is 5.93. The molecule has 0 fully saturated rings. The van der Waals surface area contributed by atoms with Crippen LogP contribution in [0, 0.1) is 3.57 Å². The maximum atomic E-state index is 5.93. The predicted octanol–water partition coefficient (Wildman–Crippen LogP) is 4.52. The second kappa shape index (κ2) is 6.24. The van der Waals surface area contributed by atoms with Crippen LogP contribution >= 0.6 is 34.2 Å². The third-order valence-corrected chi connectivity index (χ3v) is 3.46. The van der Waals surface area contributed by atoms with Gasteiger partial charge in [-0.2, -0.15) is 0 Å². The van der Waals surface area contributed by atoms with E-state index in [1.54, 1.807) is 6.20 Å². The first-order chi connectivity index (χ1) is 8.69. The molecule has 1 heterocycles. The summed E-state index contributed by atoms with van der Waals surface area (Å²) >= 11 is 8.19. The van der Waals surface area contributed by atoms with Gasteiger partial charge in [-0.3, -0.25) is 4.98 Å². The number of benzene rings is 1. The van der Waals surface area contributed by atoms with Crippen LogP contribution in [0.3, 0.4) is 0 Å². The Balaban J connectivity index is 2.20. The lowest BCUT2D eigenvalue weighted by Crippen LogP contribution is -1.99. The van der Waals surface area contributed by atoms with E-state index in [-0.39, 0.29) is 0 Å². The highest BCUT2D eigenvalue weighted by molar-refractivity contribution is 14.1. The summed E-state index contributed by atoms with van der Waals surface area (Å²) in [5, 5.41) is 7.30. The molecule has 1 aromatic heterocycles. The number of nitrogens with one attached hydrogen (secondary N) is 2. The fourth-order valence-electron chi connectivity index (χ4n) is 1.56. The van der Waals surface area contributed by atoms with Crippen LogP contribution < -0.4 is 10.6 Å². The lowest BCUT2D eigenvalue weighted by atomic mass is 10.3. The lowest BCUT2D eigenvalue weighted by Gasteiger charge is -2.10. The van der Waals surface area contributed by atoms with Crippen molar-refractivity contribution in [2.75, 3.05) is 17.2 Å². The second-order valence-corrected chi connectivity index (χ2v) is 5.34. The fourth-order valence-corrected chi connectivity index (χ4v) is 2.56. The van der Waals surface area contributed by atoms with Crippen molar-refractivity contribution in [2.45, 2.75) is 6.92 Å². The summed E-state index contributed by atoms with van der Waals surface area (Å²) in [6.45, 7) is 2.94. The molecule has 0 aliphatic carbocycles. The number of hydrogen-bond acceptors (Lipinski definition) is 3. The van der Waals surface area contributed by atoms with Gasteiger partial charge in [0, 0.05) is 15.1 Å². The van der Waals surface area contributed by atoms with E-state index in [1.165, 1.54) is 0 Å². The van der Waals surface area contributed by atoms with Gasteiger partial charge in [-0.25, -0.2) is 0 Å². The molecule has 0 unspecified atom stereocenters. The van der Waals surface area contributed by atoms with E-state index in [2.05, 4.69) is 45.1 Å². The maximum Gasteiger partial charge on any atom is 0.0591 e. The molecule has 94 valence electrons. The summed E-state index contributed by atoms with van der Waals surface area (Å²) in [6, 6.07) is 7.78. The number of aromatic nitrogens is 1. The number of pyridine rings is 1.